The normalized spacial score (nSPS) is 11.2. The van der Waals surface area contributed by atoms with Gasteiger partial charge in [0.05, 0.1) is 0 Å². The third kappa shape index (κ3) is 5.34. The van der Waals surface area contributed by atoms with Gasteiger partial charge in [0.1, 0.15) is 0 Å². The van der Waals surface area contributed by atoms with Gasteiger partial charge in [-0.05, 0) is 52.2 Å². The number of anilines is 1. The van der Waals surface area contributed by atoms with Gasteiger partial charge in [-0.1, -0.05) is 84.6 Å². The average Bonchev–Trinajstić information content (AvgIpc) is 3.27. The van der Waals surface area contributed by atoms with Crippen LogP contribution >= 0.6 is 11.8 Å². The Hall–Kier alpha value is -4.16. The van der Waals surface area contributed by atoms with Crippen molar-refractivity contribution in [2.75, 3.05) is 5.32 Å². The summed E-state index contributed by atoms with van der Waals surface area (Å²) in [5, 5.41) is 15.1. The Balaban J connectivity index is 1.24. The zero-order chi connectivity index (χ0) is 24.0. The molecule has 172 valence electrons. The molecule has 0 unspecified atom stereocenters. The fourth-order valence-corrected chi connectivity index (χ4v) is 4.79. The van der Waals surface area contributed by atoms with Crippen LogP contribution in [0.4, 0.5) is 5.69 Å². The van der Waals surface area contributed by atoms with E-state index in [-0.39, 0.29) is 5.91 Å². The van der Waals surface area contributed by atoms with E-state index in [1.54, 1.807) is 17.8 Å². The molecule has 1 amide bonds. The third-order valence-electron chi connectivity index (χ3n) is 5.71. The van der Waals surface area contributed by atoms with E-state index in [2.05, 4.69) is 58.0 Å². The molecule has 0 saturated carbocycles. The van der Waals surface area contributed by atoms with E-state index in [4.69, 9.17) is 0 Å². The van der Waals surface area contributed by atoms with Crippen LogP contribution in [0.15, 0.2) is 108 Å². The third-order valence-corrected chi connectivity index (χ3v) is 6.78. The molecule has 1 aromatic heterocycles. The molecular weight excluding hydrogens is 452 g/mol. The zero-order valence-corrected chi connectivity index (χ0v) is 20.1. The standard InChI is InChI=1S/C29H24N4OS/c1-33-28(31-32-29(33)35-20-24-12-7-11-22-10-5-6-13-26(22)24)23-15-17-25(18-16-23)30-27(34)19-14-21-8-3-2-4-9-21/h2-19H,20H2,1H3,(H,30,34). The molecule has 0 spiro atoms. The minimum Gasteiger partial charge on any atom is -0.323 e. The van der Waals surface area contributed by atoms with Crippen molar-refractivity contribution in [3.63, 3.8) is 0 Å². The lowest BCUT2D eigenvalue weighted by Crippen LogP contribution is -2.07. The lowest BCUT2D eigenvalue weighted by molar-refractivity contribution is -0.111. The Morgan fingerprint density at radius 1 is 0.886 bits per heavy atom. The van der Waals surface area contributed by atoms with E-state index in [1.807, 2.05) is 66.2 Å². The number of rotatable bonds is 7. The monoisotopic (exact) mass is 476 g/mol. The van der Waals surface area contributed by atoms with Crippen molar-refractivity contribution in [1.29, 1.82) is 0 Å². The maximum Gasteiger partial charge on any atom is 0.248 e. The molecule has 0 fully saturated rings. The second-order valence-electron chi connectivity index (χ2n) is 8.10. The van der Waals surface area contributed by atoms with E-state index < -0.39 is 0 Å². The fraction of sp³-hybridized carbons (Fsp3) is 0.0690. The lowest BCUT2D eigenvalue weighted by Gasteiger charge is -2.07. The van der Waals surface area contributed by atoms with Gasteiger partial charge in [0.25, 0.3) is 0 Å². The number of thioether (sulfide) groups is 1. The van der Waals surface area contributed by atoms with E-state index >= 15 is 0 Å². The van der Waals surface area contributed by atoms with Gasteiger partial charge in [0.15, 0.2) is 11.0 Å². The van der Waals surface area contributed by atoms with Gasteiger partial charge in [-0.3, -0.25) is 4.79 Å². The van der Waals surface area contributed by atoms with Gasteiger partial charge >= 0.3 is 0 Å². The first-order valence-electron chi connectivity index (χ1n) is 11.3. The summed E-state index contributed by atoms with van der Waals surface area (Å²) in [4.78, 5) is 12.2. The molecule has 0 saturated heterocycles. The first-order chi connectivity index (χ1) is 17.2. The van der Waals surface area contributed by atoms with Crippen molar-refractivity contribution < 1.29 is 4.79 Å². The minimum absolute atomic E-state index is 0.174. The van der Waals surface area contributed by atoms with Crippen molar-refractivity contribution in [1.82, 2.24) is 14.8 Å². The smallest absolute Gasteiger partial charge is 0.248 e. The van der Waals surface area contributed by atoms with E-state index in [0.29, 0.717) is 0 Å². The number of nitrogens with zero attached hydrogens (tertiary/aromatic N) is 3. The van der Waals surface area contributed by atoms with E-state index in [1.165, 1.54) is 22.4 Å². The molecule has 5 nitrogen and oxygen atoms in total. The van der Waals surface area contributed by atoms with Crippen molar-refractivity contribution in [3.05, 3.63) is 114 Å². The van der Waals surface area contributed by atoms with Gasteiger partial charge in [0, 0.05) is 30.1 Å². The summed E-state index contributed by atoms with van der Waals surface area (Å²) in [6.45, 7) is 0. The Morgan fingerprint density at radius 2 is 1.63 bits per heavy atom. The number of aromatic nitrogens is 3. The summed E-state index contributed by atoms with van der Waals surface area (Å²) < 4.78 is 2.01. The Morgan fingerprint density at radius 3 is 2.46 bits per heavy atom. The molecule has 0 aliphatic rings. The fourth-order valence-electron chi connectivity index (χ4n) is 3.88. The molecule has 5 aromatic rings. The van der Waals surface area contributed by atoms with Crippen LogP contribution in [0.5, 0.6) is 0 Å². The Kier molecular flexibility index (Phi) is 6.73. The first-order valence-corrected chi connectivity index (χ1v) is 12.3. The maximum absolute atomic E-state index is 12.2. The molecule has 5 rings (SSSR count). The van der Waals surface area contributed by atoms with Crippen molar-refractivity contribution in [2.24, 2.45) is 7.05 Å². The van der Waals surface area contributed by atoms with Crippen LogP contribution in [-0.2, 0) is 17.6 Å². The second-order valence-corrected chi connectivity index (χ2v) is 9.05. The number of amides is 1. The zero-order valence-electron chi connectivity index (χ0n) is 19.3. The number of benzene rings is 4. The number of carbonyl (C=O) groups excluding carboxylic acids is 1. The van der Waals surface area contributed by atoms with Crippen LogP contribution < -0.4 is 5.32 Å². The highest BCUT2D eigenvalue weighted by atomic mass is 32.2. The van der Waals surface area contributed by atoms with Crippen molar-refractivity contribution >= 4 is 40.2 Å². The minimum atomic E-state index is -0.174. The molecule has 6 heteroatoms. The van der Waals surface area contributed by atoms with E-state index in [9.17, 15) is 4.79 Å². The van der Waals surface area contributed by atoms with E-state index in [0.717, 1.165) is 33.5 Å². The predicted octanol–water partition coefficient (Wildman–Crippen LogP) is 6.58. The van der Waals surface area contributed by atoms with Crippen LogP contribution in [0, 0.1) is 0 Å². The number of fused-ring (bicyclic) bond motifs is 1. The number of carbonyl (C=O) groups is 1. The Bertz CT molecular complexity index is 1490. The summed E-state index contributed by atoms with van der Waals surface area (Å²) in [6.07, 6.45) is 3.33. The predicted molar refractivity (Wildman–Crippen MR) is 144 cm³/mol. The van der Waals surface area contributed by atoms with Gasteiger partial charge in [0.2, 0.25) is 5.91 Å². The van der Waals surface area contributed by atoms with Crippen LogP contribution in [-0.4, -0.2) is 20.7 Å². The van der Waals surface area contributed by atoms with Gasteiger partial charge in [-0.15, -0.1) is 10.2 Å². The summed E-state index contributed by atoms with van der Waals surface area (Å²) >= 11 is 1.67. The highest BCUT2D eigenvalue weighted by molar-refractivity contribution is 7.98. The molecule has 0 aliphatic heterocycles. The van der Waals surface area contributed by atoms with Gasteiger partial charge in [-0.2, -0.15) is 0 Å². The Labute approximate surface area is 208 Å². The molecular formula is C29H24N4OS. The van der Waals surface area contributed by atoms with Crippen LogP contribution in [0.1, 0.15) is 11.1 Å². The SMILES string of the molecule is Cn1c(SCc2cccc3ccccc23)nnc1-c1ccc(NC(=O)C=Cc2ccccc2)cc1. The van der Waals surface area contributed by atoms with Crippen LogP contribution in [0.25, 0.3) is 28.2 Å². The number of hydrogen-bond donors (Lipinski definition) is 1. The number of hydrogen-bond acceptors (Lipinski definition) is 4. The lowest BCUT2D eigenvalue weighted by atomic mass is 10.1. The molecule has 0 atom stereocenters. The van der Waals surface area contributed by atoms with Gasteiger partial charge in [-0.25, -0.2) is 0 Å². The highest BCUT2D eigenvalue weighted by Gasteiger charge is 2.12. The molecule has 0 radical (unpaired) electrons. The largest absolute Gasteiger partial charge is 0.323 e. The average molecular weight is 477 g/mol. The van der Waals surface area contributed by atoms with Crippen molar-refractivity contribution in [3.8, 4) is 11.4 Å². The first kappa shape index (κ1) is 22.6. The van der Waals surface area contributed by atoms with Crippen molar-refractivity contribution in [2.45, 2.75) is 10.9 Å². The topological polar surface area (TPSA) is 59.8 Å². The molecule has 1 heterocycles. The summed E-state index contributed by atoms with van der Waals surface area (Å²) in [5.74, 6) is 1.43. The van der Waals surface area contributed by atoms with Gasteiger partial charge < -0.3 is 9.88 Å². The molecule has 0 aliphatic carbocycles. The second kappa shape index (κ2) is 10.4. The maximum atomic E-state index is 12.2. The molecule has 35 heavy (non-hydrogen) atoms. The quantitative estimate of drug-likeness (QED) is 0.213. The summed E-state index contributed by atoms with van der Waals surface area (Å²) in [6, 6.07) is 32.2. The summed E-state index contributed by atoms with van der Waals surface area (Å²) in [5.41, 5.74) is 3.92. The molecule has 0 bridgehead atoms. The van der Waals surface area contributed by atoms with Crippen LogP contribution in [0.2, 0.25) is 0 Å². The number of nitrogens with one attached hydrogen (secondary N) is 1. The molecule has 1 N–H and O–H groups in total. The van der Waals surface area contributed by atoms with Crippen LogP contribution in [0.3, 0.4) is 0 Å². The summed E-state index contributed by atoms with van der Waals surface area (Å²) in [7, 11) is 1.98. The molecule has 4 aromatic carbocycles. The highest BCUT2D eigenvalue weighted by Crippen LogP contribution is 2.28.